The van der Waals surface area contributed by atoms with Crippen molar-refractivity contribution in [3.63, 3.8) is 0 Å². The van der Waals surface area contributed by atoms with Crippen molar-refractivity contribution in [2.75, 3.05) is 0 Å². The molecule has 0 atom stereocenters. The van der Waals surface area contributed by atoms with Gasteiger partial charge in [0.05, 0.1) is 0 Å². The minimum Gasteiger partial charge on any atom is -0.448 e. The van der Waals surface area contributed by atoms with Crippen LogP contribution in [0.2, 0.25) is 0 Å². The lowest BCUT2D eigenvalue weighted by Crippen LogP contribution is -2.11. The number of carbonyl (C=O) groups is 1. The van der Waals surface area contributed by atoms with Gasteiger partial charge in [-0.1, -0.05) is 20.8 Å². The molecule has 0 N–H and O–H groups in total. The van der Waals surface area contributed by atoms with E-state index in [4.69, 9.17) is 8.83 Å². The molecule has 84 valence electrons. The summed E-state index contributed by atoms with van der Waals surface area (Å²) in [6.45, 7) is 5.93. The molecule has 0 fully saturated rings. The van der Waals surface area contributed by atoms with Crippen LogP contribution < -0.4 is 0 Å². The maximum absolute atomic E-state index is 10.5. The van der Waals surface area contributed by atoms with Gasteiger partial charge in [-0.05, 0) is 12.1 Å². The number of aldehydes is 1. The van der Waals surface area contributed by atoms with Crippen molar-refractivity contribution in [3.8, 4) is 11.7 Å². The number of hydrogen-bond acceptors (Lipinski definition) is 5. The molecule has 0 aliphatic heterocycles. The highest BCUT2D eigenvalue weighted by atomic mass is 16.4. The largest absolute Gasteiger partial charge is 0.448 e. The minimum absolute atomic E-state index is 0.203. The van der Waals surface area contributed by atoms with Gasteiger partial charge >= 0.3 is 0 Å². The Hall–Kier alpha value is -1.91. The third kappa shape index (κ3) is 1.88. The Balaban J connectivity index is 2.35. The summed E-state index contributed by atoms with van der Waals surface area (Å²) >= 11 is 0. The third-order valence-corrected chi connectivity index (χ3v) is 2.02. The Morgan fingerprint density at radius 1 is 1.19 bits per heavy atom. The highest BCUT2D eigenvalue weighted by molar-refractivity contribution is 5.71. The van der Waals surface area contributed by atoms with Crippen LogP contribution >= 0.6 is 0 Å². The summed E-state index contributed by atoms with van der Waals surface area (Å²) in [5.74, 6) is 1.47. The van der Waals surface area contributed by atoms with E-state index >= 15 is 0 Å². The molecule has 0 aliphatic rings. The molecule has 0 aromatic carbocycles. The Labute approximate surface area is 92.5 Å². The molecule has 16 heavy (non-hydrogen) atoms. The Bertz CT molecular complexity index is 505. The molecule has 0 aliphatic carbocycles. The van der Waals surface area contributed by atoms with Gasteiger partial charge in [0.15, 0.2) is 17.8 Å². The second-order valence-electron chi connectivity index (χ2n) is 4.48. The number of rotatable bonds is 2. The van der Waals surface area contributed by atoms with Crippen LogP contribution in [0.5, 0.6) is 0 Å². The molecule has 2 rings (SSSR count). The molecular formula is C11H12N2O3. The van der Waals surface area contributed by atoms with Crippen molar-refractivity contribution >= 4 is 6.29 Å². The second kappa shape index (κ2) is 3.59. The summed E-state index contributed by atoms with van der Waals surface area (Å²) < 4.78 is 10.6. The molecular weight excluding hydrogens is 208 g/mol. The zero-order valence-electron chi connectivity index (χ0n) is 9.35. The highest BCUT2D eigenvalue weighted by Gasteiger charge is 2.22. The van der Waals surface area contributed by atoms with Gasteiger partial charge < -0.3 is 8.83 Å². The Morgan fingerprint density at radius 2 is 1.94 bits per heavy atom. The summed E-state index contributed by atoms with van der Waals surface area (Å²) in [7, 11) is 0. The van der Waals surface area contributed by atoms with Crippen LogP contribution in [0.4, 0.5) is 0 Å². The fourth-order valence-electron chi connectivity index (χ4n) is 1.16. The van der Waals surface area contributed by atoms with E-state index < -0.39 is 0 Å². The zero-order chi connectivity index (χ0) is 11.8. The van der Waals surface area contributed by atoms with Crippen LogP contribution in [-0.2, 0) is 5.41 Å². The molecule has 2 heterocycles. The second-order valence-corrected chi connectivity index (χ2v) is 4.48. The number of carbonyl (C=O) groups excluding carboxylic acids is 1. The number of aromatic nitrogens is 2. The topological polar surface area (TPSA) is 69.1 Å². The van der Waals surface area contributed by atoms with Crippen LogP contribution in [-0.4, -0.2) is 16.5 Å². The number of nitrogens with zero attached hydrogens (tertiary/aromatic N) is 2. The fourth-order valence-corrected chi connectivity index (χ4v) is 1.16. The summed E-state index contributed by atoms with van der Waals surface area (Å²) in [6, 6.07) is 3.19. The molecule has 0 saturated heterocycles. The first kappa shape index (κ1) is 10.6. The van der Waals surface area contributed by atoms with Gasteiger partial charge in [-0.3, -0.25) is 4.79 Å². The number of hydrogen-bond donors (Lipinski definition) is 0. The molecule has 5 nitrogen and oxygen atoms in total. The molecule has 0 unspecified atom stereocenters. The highest BCUT2D eigenvalue weighted by Crippen LogP contribution is 2.25. The molecule has 0 bridgehead atoms. The third-order valence-electron chi connectivity index (χ3n) is 2.02. The quantitative estimate of drug-likeness (QED) is 0.727. The van der Waals surface area contributed by atoms with Crippen LogP contribution in [0.3, 0.4) is 0 Å². The van der Waals surface area contributed by atoms with E-state index in [9.17, 15) is 4.79 Å². The first-order valence-electron chi connectivity index (χ1n) is 4.90. The van der Waals surface area contributed by atoms with Gasteiger partial charge in [0, 0.05) is 5.41 Å². The van der Waals surface area contributed by atoms with Crippen LogP contribution in [0.25, 0.3) is 11.7 Å². The van der Waals surface area contributed by atoms with Crippen LogP contribution in [0, 0.1) is 0 Å². The lowest BCUT2D eigenvalue weighted by molar-refractivity contribution is 0.110. The maximum atomic E-state index is 10.5. The van der Waals surface area contributed by atoms with E-state index in [-0.39, 0.29) is 17.1 Å². The summed E-state index contributed by atoms with van der Waals surface area (Å²) in [6.07, 6.45) is 0.630. The normalized spacial score (nSPS) is 11.7. The standard InChI is InChI=1S/C11H12N2O3/c1-11(2,3)10-13-12-9(16-10)8-5-4-7(6-14)15-8/h4-6H,1-3H3. The smallest absolute Gasteiger partial charge is 0.283 e. The van der Waals surface area contributed by atoms with Crippen LogP contribution in [0.15, 0.2) is 21.0 Å². The molecule has 0 radical (unpaired) electrons. The first-order chi connectivity index (χ1) is 7.50. The SMILES string of the molecule is CC(C)(C)c1nnc(-c2ccc(C=O)o2)o1. The average Bonchev–Trinajstić information content (AvgIpc) is 2.85. The zero-order valence-corrected chi connectivity index (χ0v) is 9.35. The summed E-state index contributed by atoms with van der Waals surface area (Å²) in [4.78, 5) is 10.5. The van der Waals surface area contributed by atoms with Gasteiger partial charge in [-0.25, -0.2) is 0 Å². The van der Waals surface area contributed by atoms with E-state index in [1.165, 1.54) is 0 Å². The predicted octanol–water partition coefficient (Wildman–Crippen LogP) is 2.44. The maximum Gasteiger partial charge on any atom is 0.283 e. The van der Waals surface area contributed by atoms with E-state index in [0.717, 1.165) is 0 Å². The van der Waals surface area contributed by atoms with Gasteiger partial charge in [-0.2, -0.15) is 0 Å². The molecule has 2 aromatic heterocycles. The lowest BCUT2D eigenvalue weighted by atomic mass is 9.97. The average molecular weight is 220 g/mol. The van der Waals surface area contributed by atoms with Crippen molar-refractivity contribution in [1.29, 1.82) is 0 Å². The molecule has 5 heteroatoms. The monoisotopic (exact) mass is 220 g/mol. The van der Waals surface area contributed by atoms with Crippen molar-refractivity contribution in [1.82, 2.24) is 10.2 Å². The van der Waals surface area contributed by atoms with E-state index in [0.29, 0.717) is 17.9 Å². The molecule has 0 spiro atoms. The first-order valence-corrected chi connectivity index (χ1v) is 4.90. The van der Waals surface area contributed by atoms with Gasteiger partial charge in [0.2, 0.25) is 5.89 Å². The molecule has 0 saturated carbocycles. The van der Waals surface area contributed by atoms with E-state index in [1.807, 2.05) is 20.8 Å². The van der Waals surface area contributed by atoms with E-state index in [2.05, 4.69) is 10.2 Å². The number of furan rings is 1. The summed E-state index contributed by atoms with van der Waals surface area (Å²) in [5, 5.41) is 7.81. The van der Waals surface area contributed by atoms with Gasteiger partial charge in [0.1, 0.15) is 0 Å². The molecule has 0 amide bonds. The van der Waals surface area contributed by atoms with Gasteiger partial charge in [-0.15, -0.1) is 10.2 Å². The fraction of sp³-hybridized carbons (Fsp3) is 0.364. The van der Waals surface area contributed by atoms with Crippen molar-refractivity contribution in [2.24, 2.45) is 0 Å². The van der Waals surface area contributed by atoms with E-state index in [1.54, 1.807) is 12.1 Å². The lowest BCUT2D eigenvalue weighted by Gasteiger charge is -2.10. The van der Waals surface area contributed by atoms with Crippen molar-refractivity contribution < 1.29 is 13.6 Å². The minimum atomic E-state index is -0.203. The van der Waals surface area contributed by atoms with Crippen LogP contribution in [0.1, 0.15) is 37.2 Å². The summed E-state index contributed by atoms with van der Waals surface area (Å²) in [5.41, 5.74) is -0.203. The predicted molar refractivity (Wildman–Crippen MR) is 56.1 cm³/mol. The Kier molecular flexibility index (Phi) is 2.38. The molecule has 2 aromatic rings. The Morgan fingerprint density at radius 3 is 2.44 bits per heavy atom. The van der Waals surface area contributed by atoms with Gasteiger partial charge in [0.25, 0.3) is 5.89 Å². The van der Waals surface area contributed by atoms with Crippen molar-refractivity contribution in [2.45, 2.75) is 26.2 Å². The van der Waals surface area contributed by atoms with Crippen molar-refractivity contribution in [3.05, 3.63) is 23.8 Å².